The van der Waals surface area contributed by atoms with Crippen molar-refractivity contribution in [1.29, 1.82) is 0 Å². The van der Waals surface area contributed by atoms with Crippen molar-refractivity contribution >= 4 is 0 Å². The topological polar surface area (TPSA) is 39.7 Å². The number of methoxy groups -OCH3 is 2. The van der Waals surface area contributed by atoms with Crippen molar-refractivity contribution in [2.75, 3.05) is 27.4 Å². The lowest BCUT2D eigenvalue weighted by molar-refractivity contribution is 0.290. The predicted molar refractivity (Wildman–Crippen MR) is 95.0 cm³/mol. The number of hydrogen-bond acceptors (Lipinski definition) is 4. The summed E-state index contributed by atoms with van der Waals surface area (Å²) in [5, 5.41) is 3.49. The molecule has 4 nitrogen and oxygen atoms in total. The quantitative estimate of drug-likeness (QED) is 0.842. The first-order chi connectivity index (χ1) is 11.8. The van der Waals surface area contributed by atoms with E-state index >= 15 is 0 Å². The zero-order valence-corrected chi connectivity index (χ0v) is 14.3. The van der Waals surface area contributed by atoms with Crippen LogP contribution in [0.3, 0.4) is 0 Å². The molecule has 0 bridgehead atoms. The van der Waals surface area contributed by atoms with Crippen LogP contribution in [0.25, 0.3) is 11.1 Å². The van der Waals surface area contributed by atoms with Crippen molar-refractivity contribution in [2.24, 2.45) is 0 Å². The summed E-state index contributed by atoms with van der Waals surface area (Å²) in [4.78, 5) is 0. The van der Waals surface area contributed by atoms with Gasteiger partial charge in [0.05, 0.1) is 20.8 Å². The summed E-state index contributed by atoms with van der Waals surface area (Å²) in [6.07, 6.45) is 3.52. The number of nitrogens with one attached hydrogen (secondary N) is 1. The first kappa shape index (κ1) is 16.7. The largest absolute Gasteiger partial charge is 0.497 e. The third-order valence-electron chi connectivity index (χ3n) is 4.34. The van der Waals surface area contributed by atoms with Crippen LogP contribution in [-0.4, -0.2) is 33.4 Å². The molecule has 24 heavy (non-hydrogen) atoms. The molecule has 1 aliphatic heterocycles. The van der Waals surface area contributed by atoms with Crippen molar-refractivity contribution < 1.29 is 14.2 Å². The van der Waals surface area contributed by atoms with Crippen molar-refractivity contribution in [3.8, 4) is 28.4 Å². The average molecular weight is 326 g/mol. The SMILES string of the molecule is COc1ccc(-c2[c]c(OCCC3CCCN3)cc(OC)c2)cc1. The van der Waals surface area contributed by atoms with Gasteiger partial charge in [-0.15, -0.1) is 0 Å². The molecule has 1 atom stereocenters. The molecule has 0 amide bonds. The second-order valence-electron chi connectivity index (χ2n) is 5.96. The van der Waals surface area contributed by atoms with Crippen LogP contribution in [0.1, 0.15) is 19.3 Å². The minimum absolute atomic E-state index is 0.580. The van der Waals surface area contributed by atoms with Gasteiger partial charge in [0.15, 0.2) is 0 Å². The first-order valence-corrected chi connectivity index (χ1v) is 8.40. The zero-order valence-electron chi connectivity index (χ0n) is 14.3. The lowest BCUT2D eigenvalue weighted by Gasteiger charge is -2.13. The van der Waals surface area contributed by atoms with Gasteiger partial charge < -0.3 is 19.5 Å². The lowest BCUT2D eigenvalue weighted by Crippen LogP contribution is -2.23. The highest BCUT2D eigenvalue weighted by molar-refractivity contribution is 5.67. The number of rotatable bonds is 7. The number of ether oxygens (including phenoxy) is 3. The van der Waals surface area contributed by atoms with Gasteiger partial charge in [-0.1, -0.05) is 12.1 Å². The second kappa shape index (κ2) is 8.06. The van der Waals surface area contributed by atoms with Crippen LogP contribution >= 0.6 is 0 Å². The van der Waals surface area contributed by atoms with Gasteiger partial charge in [0.1, 0.15) is 17.2 Å². The Balaban J connectivity index is 1.71. The molecule has 1 fully saturated rings. The van der Waals surface area contributed by atoms with E-state index in [0.29, 0.717) is 12.6 Å². The number of benzene rings is 2. The molecular weight excluding hydrogens is 302 g/mol. The van der Waals surface area contributed by atoms with Gasteiger partial charge in [0.2, 0.25) is 0 Å². The second-order valence-corrected chi connectivity index (χ2v) is 5.96. The van der Waals surface area contributed by atoms with Gasteiger partial charge in [-0.05, 0) is 55.1 Å². The van der Waals surface area contributed by atoms with E-state index in [1.54, 1.807) is 14.2 Å². The van der Waals surface area contributed by atoms with Crippen molar-refractivity contribution in [3.63, 3.8) is 0 Å². The van der Waals surface area contributed by atoms with Crippen molar-refractivity contribution in [3.05, 3.63) is 42.5 Å². The Bertz CT molecular complexity index is 648. The average Bonchev–Trinajstić information content (AvgIpc) is 3.15. The van der Waals surface area contributed by atoms with E-state index in [1.807, 2.05) is 36.4 Å². The Morgan fingerprint density at radius 2 is 1.88 bits per heavy atom. The molecular formula is C20H24NO3. The van der Waals surface area contributed by atoms with Crippen molar-refractivity contribution in [2.45, 2.75) is 25.3 Å². The Morgan fingerprint density at radius 3 is 2.54 bits per heavy atom. The minimum atomic E-state index is 0.580. The molecule has 4 heteroatoms. The van der Waals surface area contributed by atoms with Crippen LogP contribution < -0.4 is 19.5 Å². The van der Waals surface area contributed by atoms with Crippen LogP contribution in [0.5, 0.6) is 17.2 Å². The molecule has 1 saturated heterocycles. The van der Waals surface area contributed by atoms with Crippen LogP contribution in [0.15, 0.2) is 36.4 Å². The molecule has 0 aliphatic carbocycles. The predicted octanol–water partition coefficient (Wildman–Crippen LogP) is 3.69. The third-order valence-corrected chi connectivity index (χ3v) is 4.34. The summed E-state index contributed by atoms with van der Waals surface area (Å²) in [5.74, 6) is 2.33. The third kappa shape index (κ3) is 4.20. The van der Waals surface area contributed by atoms with Gasteiger partial charge >= 0.3 is 0 Å². The van der Waals surface area contributed by atoms with Crippen LogP contribution in [0.4, 0.5) is 0 Å². The van der Waals surface area contributed by atoms with Crippen LogP contribution in [-0.2, 0) is 0 Å². The highest BCUT2D eigenvalue weighted by atomic mass is 16.5. The molecule has 1 heterocycles. The van der Waals surface area contributed by atoms with Crippen molar-refractivity contribution in [1.82, 2.24) is 5.32 Å². The molecule has 0 spiro atoms. The van der Waals surface area contributed by atoms with E-state index in [9.17, 15) is 0 Å². The zero-order chi connectivity index (χ0) is 16.8. The van der Waals surface area contributed by atoms with E-state index in [2.05, 4.69) is 11.4 Å². The summed E-state index contributed by atoms with van der Waals surface area (Å²) in [6, 6.07) is 15.7. The van der Waals surface area contributed by atoms with Gasteiger partial charge in [-0.25, -0.2) is 0 Å². The molecule has 0 saturated carbocycles. The Kier molecular flexibility index (Phi) is 5.59. The highest BCUT2D eigenvalue weighted by Gasteiger charge is 2.14. The fraction of sp³-hybridized carbons (Fsp3) is 0.400. The molecule has 2 aromatic rings. The van der Waals surface area contributed by atoms with E-state index < -0.39 is 0 Å². The van der Waals surface area contributed by atoms with E-state index in [0.717, 1.165) is 41.3 Å². The molecule has 2 aromatic carbocycles. The van der Waals surface area contributed by atoms with E-state index in [-0.39, 0.29) is 0 Å². The fourth-order valence-corrected chi connectivity index (χ4v) is 2.95. The maximum Gasteiger partial charge on any atom is 0.131 e. The minimum Gasteiger partial charge on any atom is -0.497 e. The standard InChI is InChI=1S/C20H24NO3/c1-22-18-7-5-15(6-8-18)16-12-19(23-2)14-20(13-16)24-11-9-17-4-3-10-21-17/h5-8,12,14,17,21H,3-4,9-11H2,1-2H3. The summed E-state index contributed by atoms with van der Waals surface area (Å²) in [5.41, 5.74) is 2.00. The van der Waals surface area contributed by atoms with Gasteiger partial charge in [-0.2, -0.15) is 0 Å². The first-order valence-electron chi connectivity index (χ1n) is 8.40. The summed E-state index contributed by atoms with van der Waals surface area (Å²) in [7, 11) is 3.33. The molecule has 0 aromatic heterocycles. The van der Waals surface area contributed by atoms with Crippen LogP contribution in [0, 0.1) is 6.07 Å². The highest BCUT2D eigenvalue weighted by Crippen LogP contribution is 2.30. The molecule has 127 valence electrons. The normalized spacial score (nSPS) is 16.8. The Morgan fingerprint density at radius 1 is 1.08 bits per heavy atom. The van der Waals surface area contributed by atoms with Gasteiger partial charge in [-0.3, -0.25) is 0 Å². The van der Waals surface area contributed by atoms with Gasteiger partial charge in [0, 0.05) is 18.2 Å². The maximum atomic E-state index is 5.92. The lowest BCUT2D eigenvalue weighted by atomic mass is 10.0. The molecule has 1 unspecified atom stereocenters. The number of hydrogen-bond donors (Lipinski definition) is 1. The van der Waals surface area contributed by atoms with Gasteiger partial charge in [0.25, 0.3) is 0 Å². The van der Waals surface area contributed by atoms with E-state index in [1.165, 1.54) is 12.8 Å². The summed E-state index contributed by atoms with van der Waals surface area (Å²) < 4.78 is 16.5. The summed E-state index contributed by atoms with van der Waals surface area (Å²) >= 11 is 0. The monoisotopic (exact) mass is 326 g/mol. The Labute approximate surface area is 143 Å². The molecule has 1 N–H and O–H groups in total. The molecule has 1 aliphatic rings. The smallest absolute Gasteiger partial charge is 0.131 e. The van der Waals surface area contributed by atoms with Crippen LogP contribution in [0.2, 0.25) is 0 Å². The van der Waals surface area contributed by atoms with E-state index in [4.69, 9.17) is 14.2 Å². The molecule has 1 radical (unpaired) electrons. The summed E-state index contributed by atoms with van der Waals surface area (Å²) in [6.45, 7) is 1.81. The maximum absolute atomic E-state index is 5.92. The molecule has 3 rings (SSSR count). The fourth-order valence-electron chi connectivity index (χ4n) is 2.95. The Hall–Kier alpha value is -2.20.